The van der Waals surface area contributed by atoms with Crippen molar-refractivity contribution in [2.24, 2.45) is 5.92 Å². The van der Waals surface area contributed by atoms with Gasteiger partial charge >= 0.3 is 0 Å². The summed E-state index contributed by atoms with van der Waals surface area (Å²) in [5.41, 5.74) is 0.646. The molecule has 0 saturated heterocycles. The van der Waals surface area contributed by atoms with Gasteiger partial charge in [-0.2, -0.15) is 0 Å². The van der Waals surface area contributed by atoms with Crippen LogP contribution in [0.25, 0.3) is 0 Å². The molecule has 0 aliphatic heterocycles. The summed E-state index contributed by atoms with van der Waals surface area (Å²) >= 11 is 0. The second-order valence-electron chi connectivity index (χ2n) is 5.20. The molecular weight excluding hydrogens is 240 g/mol. The normalized spacial score (nSPS) is 16.1. The van der Waals surface area contributed by atoms with Gasteiger partial charge in [0, 0.05) is 6.42 Å². The Morgan fingerprint density at radius 1 is 1.16 bits per heavy atom. The third-order valence-electron chi connectivity index (χ3n) is 3.91. The molecule has 2 rings (SSSR count). The van der Waals surface area contributed by atoms with Crippen LogP contribution in [0.5, 0.6) is 11.5 Å². The first-order valence-corrected chi connectivity index (χ1v) is 7.00. The van der Waals surface area contributed by atoms with Crippen LogP contribution in [0.1, 0.15) is 48.9 Å². The molecule has 0 amide bonds. The summed E-state index contributed by atoms with van der Waals surface area (Å²) in [6.45, 7) is 0. The highest BCUT2D eigenvalue weighted by atomic mass is 16.5. The van der Waals surface area contributed by atoms with Crippen LogP contribution in [0.2, 0.25) is 0 Å². The molecule has 0 aromatic heterocycles. The lowest BCUT2D eigenvalue weighted by Crippen LogP contribution is -2.13. The van der Waals surface area contributed by atoms with Crippen molar-refractivity contribution in [2.45, 2.75) is 38.5 Å². The largest absolute Gasteiger partial charge is 0.497 e. The van der Waals surface area contributed by atoms with E-state index in [1.165, 1.54) is 32.1 Å². The van der Waals surface area contributed by atoms with E-state index < -0.39 is 0 Å². The van der Waals surface area contributed by atoms with Gasteiger partial charge in [-0.05, 0) is 24.1 Å². The minimum absolute atomic E-state index is 0.169. The van der Waals surface area contributed by atoms with Gasteiger partial charge in [0.15, 0.2) is 5.78 Å². The zero-order valence-corrected chi connectivity index (χ0v) is 11.8. The van der Waals surface area contributed by atoms with Crippen LogP contribution in [0.4, 0.5) is 0 Å². The van der Waals surface area contributed by atoms with Gasteiger partial charge < -0.3 is 9.47 Å². The van der Waals surface area contributed by atoms with Crippen LogP contribution in [0, 0.1) is 5.92 Å². The van der Waals surface area contributed by atoms with Gasteiger partial charge in [0.25, 0.3) is 0 Å². The van der Waals surface area contributed by atoms with Gasteiger partial charge in [-0.15, -0.1) is 0 Å². The first-order valence-electron chi connectivity index (χ1n) is 7.00. The number of methoxy groups -OCH3 is 2. The molecule has 1 saturated carbocycles. The quantitative estimate of drug-likeness (QED) is 0.756. The van der Waals surface area contributed by atoms with Gasteiger partial charge in [0.1, 0.15) is 11.5 Å². The van der Waals surface area contributed by atoms with Crippen LogP contribution in [-0.4, -0.2) is 20.0 Å². The molecule has 3 heteroatoms. The molecule has 19 heavy (non-hydrogen) atoms. The molecule has 0 N–H and O–H groups in total. The summed E-state index contributed by atoms with van der Waals surface area (Å²) in [7, 11) is 3.20. The van der Waals surface area contributed by atoms with E-state index in [1.807, 2.05) is 6.07 Å². The van der Waals surface area contributed by atoms with Crippen LogP contribution in [0.15, 0.2) is 18.2 Å². The monoisotopic (exact) mass is 262 g/mol. The highest BCUT2D eigenvalue weighted by Gasteiger charge is 2.20. The fourth-order valence-corrected chi connectivity index (χ4v) is 2.80. The Kier molecular flexibility index (Phi) is 4.83. The van der Waals surface area contributed by atoms with E-state index in [0.29, 0.717) is 29.4 Å². The number of rotatable bonds is 5. The van der Waals surface area contributed by atoms with Gasteiger partial charge in [-0.3, -0.25) is 4.79 Å². The van der Waals surface area contributed by atoms with Crippen molar-refractivity contribution in [1.29, 1.82) is 0 Å². The summed E-state index contributed by atoms with van der Waals surface area (Å²) in [5, 5.41) is 0. The van der Waals surface area contributed by atoms with E-state index in [1.54, 1.807) is 26.4 Å². The average molecular weight is 262 g/mol. The number of ketones is 1. The number of benzene rings is 1. The van der Waals surface area contributed by atoms with Gasteiger partial charge in [-0.1, -0.05) is 32.1 Å². The highest BCUT2D eigenvalue weighted by Crippen LogP contribution is 2.30. The van der Waals surface area contributed by atoms with E-state index in [9.17, 15) is 4.79 Å². The van der Waals surface area contributed by atoms with Crippen LogP contribution >= 0.6 is 0 Å². The summed E-state index contributed by atoms with van der Waals surface area (Å²) in [4.78, 5) is 12.4. The molecule has 1 aliphatic carbocycles. The molecule has 0 atom stereocenters. The number of hydrogen-bond donors (Lipinski definition) is 0. The molecule has 0 heterocycles. The molecule has 1 fully saturated rings. The molecule has 1 aromatic rings. The number of hydrogen-bond acceptors (Lipinski definition) is 3. The van der Waals surface area contributed by atoms with Crippen LogP contribution in [0.3, 0.4) is 0 Å². The molecule has 104 valence electrons. The molecule has 0 bridgehead atoms. The summed E-state index contributed by atoms with van der Waals surface area (Å²) < 4.78 is 10.5. The lowest BCUT2D eigenvalue weighted by molar-refractivity contribution is 0.0947. The Bertz CT molecular complexity index is 434. The standard InChI is InChI=1S/C16H22O3/c1-18-13-8-9-16(19-2)14(11-13)15(17)10-12-6-4-3-5-7-12/h8-9,11-12H,3-7,10H2,1-2H3. The predicted octanol–water partition coefficient (Wildman–Crippen LogP) is 3.86. The Morgan fingerprint density at radius 2 is 1.89 bits per heavy atom. The Labute approximate surface area is 114 Å². The van der Waals surface area contributed by atoms with E-state index in [-0.39, 0.29) is 5.78 Å². The van der Waals surface area contributed by atoms with Crippen molar-refractivity contribution in [3.63, 3.8) is 0 Å². The highest BCUT2D eigenvalue weighted by molar-refractivity contribution is 5.99. The number of carbonyl (C=O) groups excluding carboxylic acids is 1. The fourth-order valence-electron chi connectivity index (χ4n) is 2.80. The van der Waals surface area contributed by atoms with Crippen molar-refractivity contribution in [3.05, 3.63) is 23.8 Å². The third-order valence-corrected chi connectivity index (χ3v) is 3.91. The average Bonchev–Trinajstić information content (AvgIpc) is 2.47. The first kappa shape index (κ1) is 13.9. The summed E-state index contributed by atoms with van der Waals surface area (Å²) in [5.74, 6) is 2.05. The minimum atomic E-state index is 0.169. The number of ether oxygens (including phenoxy) is 2. The van der Waals surface area contributed by atoms with Gasteiger partial charge in [-0.25, -0.2) is 0 Å². The molecule has 1 aromatic carbocycles. The fraction of sp³-hybridized carbons (Fsp3) is 0.562. The van der Waals surface area contributed by atoms with Crippen molar-refractivity contribution < 1.29 is 14.3 Å². The van der Waals surface area contributed by atoms with E-state index in [4.69, 9.17) is 9.47 Å². The number of carbonyl (C=O) groups is 1. The predicted molar refractivity (Wildman–Crippen MR) is 75.1 cm³/mol. The first-order chi connectivity index (χ1) is 9.24. The van der Waals surface area contributed by atoms with Crippen molar-refractivity contribution >= 4 is 5.78 Å². The second kappa shape index (κ2) is 6.60. The lowest BCUT2D eigenvalue weighted by atomic mass is 9.84. The minimum Gasteiger partial charge on any atom is -0.497 e. The number of Topliss-reactive ketones (excluding diaryl/α,β-unsaturated/α-hetero) is 1. The third kappa shape index (κ3) is 3.49. The zero-order chi connectivity index (χ0) is 13.7. The van der Waals surface area contributed by atoms with Crippen molar-refractivity contribution in [3.8, 4) is 11.5 Å². The van der Waals surface area contributed by atoms with Crippen LogP contribution in [-0.2, 0) is 0 Å². The Balaban J connectivity index is 2.12. The smallest absolute Gasteiger partial charge is 0.167 e. The SMILES string of the molecule is COc1ccc(OC)c(C(=O)CC2CCCCC2)c1. The Hall–Kier alpha value is -1.51. The molecule has 0 radical (unpaired) electrons. The Morgan fingerprint density at radius 3 is 2.53 bits per heavy atom. The van der Waals surface area contributed by atoms with E-state index >= 15 is 0 Å². The van der Waals surface area contributed by atoms with Crippen LogP contribution < -0.4 is 9.47 Å². The van der Waals surface area contributed by atoms with Crippen molar-refractivity contribution in [2.75, 3.05) is 14.2 Å². The lowest BCUT2D eigenvalue weighted by Gasteiger charge is -2.21. The van der Waals surface area contributed by atoms with Crippen molar-refractivity contribution in [1.82, 2.24) is 0 Å². The second-order valence-corrected chi connectivity index (χ2v) is 5.20. The topological polar surface area (TPSA) is 35.5 Å². The maximum Gasteiger partial charge on any atom is 0.167 e. The maximum atomic E-state index is 12.4. The summed E-state index contributed by atoms with van der Waals surface area (Å²) in [6.07, 6.45) is 6.81. The molecule has 3 nitrogen and oxygen atoms in total. The van der Waals surface area contributed by atoms with Gasteiger partial charge in [0.2, 0.25) is 0 Å². The van der Waals surface area contributed by atoms with Gasteiger partial charge in [0.05, 0.1) is 19.8 Å². The molecular formula is C16H22O3. The van der Waals surface area contributed by atoms with E-state index in [2.05, 4.69) is 0 Å². The maximum absolute atomic E-state index is 12.4. The summed E-state index contributed by atoms with van der Waals surface area (Å²) in [6, 6.07) is 5.40. The van der Waals surface area contributed by atoms with E-state index in [0.717, 1.165) is 0 Å². The molecule has 0 spiro atoms. The molecule has 1 aliphatic rings. The zero-order valence-electron chi connectivity index (χ0n) is 11.8. The molecule has 0 unspecified atom stereocenters.